The Balaban J connectivity index is 1.35. The number of rotatable bonds is 15. The molecule has 0 unspecified atom stereocenters. The van der Waals surface area contributed by atoms with Crippen LogP contribution in [-0.2, 0) is 22.3 Å². The van der Waals surface area contributed by atoms with Crippen LogP contribution in [0.4, 0.5) is 24.8 Å². The molecule has 0 aliphatic heterocycles. The van der Waals surface area contributed by atoms with Crippen LogP contribution in [0.3, 0.4) is 0 Å². The fourth-order valence-electron chi connectivity index (χ4n) is 5.49. The second-order valence-electron chi connectivity index (χ2n) is 10.9. The van der Waals surface area contributed by atoms with E-state index in [0.29, 0.717) is 55.9 Å². The minimum Gasteiger partial charge on any atom is -0.490 e. The maximum Gasteiger partial charge on any atom is 0.416 e. The SMILES string of the molecule is CCOC(=O)C[C@H]1CC[C@H](CN(CC)c2ccc(C(F)(F)F)cc2CNc2ncc(OCCOc3ccccc3)cn2)CC1. The Bertz CT molecular complexity index is 1300. The molecule has 1 aliphatic rings. The van der Waals surface area contributed by atoms with Gasteiger partial charge >= 0.3 is 12.1 Å². The van der Waals surface area contributed by atoms with Crippen LogP contribution in [0.2, 0.25) is 0 Å². The Morgan fingerprint density at radius 2 is 1.59 bits per heavy atom. The van der Waals surface area contributed by atoms with Crippen LogP contribution in [-0.4, -0.2) is 48.8 Å². The summed E-state index contributed by atoms with van der Waals surface area (Å²) < 4.78 is 57.3. The number of anilines is 2. The first-order valence-corrected chi connectivity index (χ1v) is 15.2. The first kappa shape index (κ1) is 32.9. The second kappa shape index (κ2) is 16.2. The maximum atomic E-state index is 13.6. The van der Waals surface area contributed by atoms with Gasteiger partial charge in [0.15, 0.2) is 5.75 Å². The number of nitrogens with one attached hydrogen (secondary N) is 1. The summed E-state index contributed by atoms with van der Waals surface area (Å²) in [6, 6.07) is 13.3. The van der Waals surface area contributed by atoms with Crippen LogP contribution in [0.1, 0.15) is 57.1 Å². The minimum atomic E-state index is -4.46. The van der Waals surface area contributed by atoms with Crippen LogP contribution >= 0.6 is 0 Å². The molecule has 0 bridgehead atoms. The van der Waals surface area contributed by atoms with Gasteiger partial charge in [0.25, 0.3) is 0 Å². The van der Waals surface area contributed by atoms with Crippen molar-refractivity contribution in [3.63, 3.8) is 0 Å². The van der Waals surface area contributed by atoms with Crippen molar-refractivity contribution in [2.24, 2.45) is 11.8 Å². The molecule has 0 spiro atoms. The van der Waals surface area contributed by atoms with E-state index in [-0.39, 0.29) is 18.5 Å². The fraction of sp³-hybridized carbons (Fsp3) is 0.485. The molecule has 44 heavy (non-hydrogen) atoms. The van der Waals surface area contributed by atoms with Crippen molar-refractivity contribution in [2.45, 2.75) is 58.7 Å². The molecule has 2 aromatic carbocycles. The van der Waals surface area contributed by atoms with Gasteiger partial charge < -0.3 is 24.4 Å². The topological polar surface area (TPSA) is 85.8 Å². The summed E-state index contributed by atoms with van der Waals surface area (Å²) in [5.41, 5.74) is 0.565. The standard InChI is InChI=1S/C33H41F3N4O4/c1-3-40(23-25-12-10-24(11-13-25)18-31(41)42-4-2)30-15-14-27(33(34,35)36)19-26(30)20-37-32-38-21-29(22-39-32)44-17-16-43-28-8-6-5-7-9-28/h5-9,14-15,19,21-22,24-25H,3-4,10-13,16-18,20,23H2,1-2H3,(H,37,38,39)/t24-,25-. The zero-order valence-corrected chi connectivity index (χ0v) is 25.3. The smallest absolute Gasteiger partial charge is 0.416 e. The summed E-state index contributed by atoms with van der Waals surface area (Å²) in [6.45, 7) is 6.37. The predicted octanol–water partition coefficient (Wildman–Crippen LogP) is 7.15. The van der Waals surface area contributed by atoms with Crippen LogP contribution < -0.4 is 19.7 Å². The fourth-order valence-corrected chi connectivity index (χ4v) is 5.49. The van der Waals surface area contributed by atoms with Gasteiger partial charge in [0.2, 0.25) is 5.95 Å². The molecule has 238 valence electrons. The molecule has 1 aromatic heterocycles. The molecule has 0 atom stereocenters. The third kappa shape index (κ3) is 10.0. The predicted molar refractivity (Wildman–Crippen MR) is 163 cm³/mol. The number of nitrogens with zero attached hydrogens (tertiary/aromatic N) is 3. The number of para-hydroxylation sites is 1. The highest BCUT2D eigenvalue weighted by Crippen LogP contribution is 2.36. The molecular formula is C33H41F3N4O4. The van der Waals surface area contributed by atoms with Gasteiger partial charge in [0.1, 0.15) is 19.0 Å². The third-order valence-electron chi connectivity index (χ3n) is 7.76. The van der Waals surface area contributed by atoms with E-state index in [1.807, 2.05) is 44.2 Å². The minimum absolute atomic E-state index is 0.118. The second-order valence-corrected chi connectivity index (χ2v) is 10.9. The van der Waals surface area contributed by atoms with Crippen molar-refractivity contribution in [3.8, 4) is 11.5 Å². The molecule has 11 heteroatoms. The molecule has 0 radical (unpaired) electrons. The first-order valence-electron chi connectivity index (χ1n) is 15.2. The summed E-state index contributed by atoms with van der Waals surface area (Å²) in [7, 11) is 0. The van der Waals surface area contributed by atoms with Crippen molar-refractivity contribution in [1.29, 1.82) is 0 Å². The summed E-state index contributed by atoms with van der Waals surface area (Å²) in [5.74, 6) is 2.06. The Hall–Kier alpha value is -4.02. The van der Waals surface area contributed by atoms with Gasteiger partial charge in [0, 0.05) is 31.7 Å². The average Bonchev–Trinajstić information content (AvgIpc) is 3.02. The lowest BCUT2D eigenvalue weighted by Crippen LogP contribution is -2.33. The van der Waals surface area contributed by atoms with Crippen LogP contribution in [0.5, 0.6) is 11.5 Å². The van der Waals surface area contributed by atoms with E-state index in [1.54, 1.807) is 6.07 Å². The number of halogens is 3. The number of hydrogen-bond acceptors (Lipinski definition) is 8. The maximum absolute atomic E-state index is 13.6. The van der Waals surface area contributed by atoms with E-state index >= 15 is 0 Å². The number of carbonyl (C=O) groups excluding carboxylic acids is 1. The first-order chi connectivity index (χ1) is 21.2. The normalized spacial score (nSPS) is 16.7. The van der Waals surface area contributed by atoms with E-state index < -0.39 is 11.7 Å². The number of carbonyl (C=O) groups is 1. The van der Waals surface area contributed by atoms with Crippen LogP contribution in [0.25, 0.3) is 0 Å². The molecule has 8 nitrogen and oxygen atoms in total. The zero-order chi connectivity index (χ0) is 31.4. The number of esters is 1. The van der Waals surface area contributed by atoms with Crippen molar-refractivity contribution >= 4 is 17.6 Å². The molecule has 1 saturated carbocycles. The highest BCUT2D eigenvalue weighted by Gasteiger charge is 2.32. The molecule has 1 N–H and O–H groups in total. The zero-order valence-electron chi connectivity index (χ0n) is 25.3. The molecular weight excluding hydrogens is 573 g/mol. The van der Waals surface area contributed by atoms with Crippen LogP contribution in [0.15, 0.2) is 60.9 Å². The lowest BCUT2D eigenvalue weighted by Gasteiger charge is -2.34. The Morgan fingerprint density at radius 1 is 0.932 bits per heavy atom. The van der Waals surface area contributed by atoms with E-state index in [9.17, 15) is 18.0 Å². The number of aromatic nitrogens is 2. The number of alkyl halides is 3. The Morgan fingerprint density at radius 3 is 2.23 bits per heavy atom. The molecule has 3 aromatic rings. The molecule has 1 aliphatic carbocycles. The monoisotopic (exact) mass is 614 g/mol. The van der Waals surface area contributed by atoms with E-state index in [0.717, 1.165) is 49.7 Å². The highest BCUT2D eigenvalue weighted by atomic mass is 19.4. The Kier molecular flexibility index (Phi) is 12.1. The van der Waals surface area contributed by atoms with Gasteiger partial charge in [0.05, 0.1) is 24.6 Å². The van der Waals surface area contributed by atoms with Gasteiger partial charge in [-0.25, -0.2) is 9.97 Å². The van der Waals surface area contributed by atoms with Crippen molar-refractivity contribution in [3.05, 3.63) is 72.1 Å². The number of hydrogen-bond donors (Lipinski definition) is 1. The van der Waals surface area contributed by atoms with Gasteiger partial charge in [-0.15, -0.1) is 0 Å². The largest absolute Gasteiger partial charge is 0.490 e. The lowest BCUT2D eigenvalue weighted by molar-refractivity contribution is -0.144. The quantitative estimate of drug-likeness (QED) is 0.143. The van der Waals surface area contributed by atoms with Crippen molar-refractivity contribution in [2.75, 3.05) is 43.1 Å². The van der Waals surface area contributed by atoms with Crippen molar-refractivity contribution < 1.29 is 32.2 Å². The molecule has 0 amide bonds. The van der Waals surface area contributed by atoms with Gasteiger partial charge in [-0.05, 0) is 87.3 Å². The third-order valence-corrected chi connectivity index (χ3v) is 7.76. The number of ether oxygens (including phenoxy) is 3. The summed E-state index contributed by atoms with van der Waals surface area (Å²) >= 11 is 0. The van der Waals surface area contributed by atoms with E-state index in [4.69, 9.17) is 14.2 Å². The molecule has 1 fully saturated rings. The van der Waals surface area contributed by atoms with Crippen molar-refractivity contribution in [1.82, 2.24) is 9.97 Å². The summed E-state index contributed by atoms with van der Waals surface area (Å²) in [6.07, 6.45) is 2.85. The van der Waals surface area contributed by atoms with Crippen LogP contribution in [0, 0.1) is 11.8 Å². The Labute approximate surface area is 256 Å². The summed E-state index contributed by atoms with van der Waals surface area (Å²) in [4.78, 5) is 22.6. The van der Waals surface area contributed by atoms with Gasteiger partial charge in [-0.1, -0.05) is 18.2 Å². The van der Waals surface area contributed by atoms with E-state index in [2.05, 4.69) is 20.2 Å². The molecule has 0 saturated heterocycles. The summed E-state index contributed by atoms with van der Waals surface area (Å²) in [5, 5.41) is 3.07. The lowest BCUT2D eigenvalue weighted by atomic mass is 9.80. The average molecular weight is 615 g/mol. The van der Waals surface area contributed by atoms with E-state index in [1.165, 1.54) is 18.5 Å². The number of benzene rings is 2. The molecule has 4 rings (SSSR count). The molecule has 1 heterocycles. The van der Waals surface area contributed by atoms with Gasteiger partial charge in [-0.3, -0.25) is 4.79 Å². The van der Waals surface area contributed by atoms with Gasteiger partial charge in [-0.2, -0.15) is 13.2 Å². The highest BCUT2D eigenvalue weighted by molar-refractivity contribution is 5.69.